The van der Waals surface area contributed by atoms with Crippen molar-refractivity contribution < 1.29 is 23.8 Å². The maximum atomic E-state index is 11.9. The SMILES string of the molecule is N#Cc1cccc(NC(=O)COC(=O)Cc2coc3cc(O)ccc23)c1. The third kappa shape index (κ3) is 3.99. The van der Waals surface area contributed by atoms with Crippen LogP contribution in [0.4, 0.5) is 5.69 Å². The van der Waals surface area contributed by atoms with Crippen molar-refractivity contribution in [1.82, 2.24) is 0 Å². The van der Waals surface area contributed by atoms with E-state index in [-0.39, 0.29) is 12.2 Å². The highest BCUT2D eigenvalue weighted by Crippen LogP contribution is 2.25. The largest absolute Gasteiger partial charge is 0.508 e. The van der Waals surface area contributed by atoms with E-state index in [1.807, 2.05) is 6.07 Å². The summed E-state index contributed by atoms with van der Waals surface area (Å²) in [5, 5.41) is 21.5. The highest BCUT2D eigenvalue weighted by atomic mass is 16.5. The Balaban J connectivity index is 1.54. The lowest BCUT2D eigenvalue weighted by atomic mass is 10.1. The van der Waals surface area contributed by atoms with Crippen molar-refractivity contribution in [2.45, 2.75) is 6.42 Å². The lowest BCUT2D eigenvalue weighted by Gasteiger charge is -2.06. The first-order valence-electron chi connectivity index (χ1n) is 7.70. The molecule has 0 atom stereocenters. The number of phenols is 1. The highest BCUT2D eigenvalue weighted by Gasteiger charge is 2.13. The Hall–Kier alpha value is -3.79. The first-order chi connectivity index (χ1) is 12.5. The van der Waals surface area contributed by atoms with E-state index in [1.165, 1.54) is 24.5 Å². The van der Waals surface area contributed by atoms with Crippen molar-refractivity contribution in [3.63, 3.8) is 0 Å². The summed E-state index contributed by atoms with van der Waals surface area (Å²) in [6.45, 7) is -0.438. The Bertz CT molecular complexity index is 1020. The van der Waals surface area contributed by atoms with Crippen molar-refractivity contribution in [1.29, 1.82) is 5.26 Å². The van der Waals surface area contributed by atoms with Crippen LogP contribution in [0.1, 0.15) is 11.1 Å². The second-order valence-corrected chi connectivity index (χ2v) is 5.52. The fraction of sp³-hybridized carbons (Fsp3) is 0.105. The zero-order chi connectivity index (χ0) is 18.5. The number of benzene rings is 2. The van der Waals surface area contributed by atoms with Gasteiger partial charge in [-0.3, -0.25) is 9.59 Å². The number of nitrogens with one attached hydrogen (secondary N) is 1. The van der Waals surface area contributed by atoms with E-state index in [9.17, 15) is 14.7 Å². The number of anilines is 1. The zero-order valence-corrected chi connectivity index (χ0v) is 13.6. The van der Waals surface area contributed by atoms with E-state index in [1.54, 1.807) is 24.3 Å². The minimum absolute atomic E-state index is 0.0605. The van der Waals surface area contributed by atoms with E-state index in [2.05, 4.69) is 5.32 Å². The lowest BCUT2D eigenvalue weighted by molar-refractivity contribution is -0.146. The van der Waals surface area contributed by atoms with Crippen LogP contribution in [-0.4, -0.2) is 23.6 Å². The summed E-state index contributed by atoms with van der Waals surface area (Å²) in [5.74, 6) is -1.02. The molecule has 3 aromatic rings. The molecule has 0 aliphatic carbocycles. The summed E-state index contributed by atoms with van der Waals surface area (Å²) >= 11 is 0. The molecule has 130 valence electrons. The topological polar surface area (TPSA) is 113 Å². The van der Waals surface area contributed by atoms with Crippen molar-refractivity contribution in [2.24, 2.45) is 0 Å². The molecule has 3 rings (SSSR count). The van der Waals surface area contributed by atoms with Crippen molar-refractivity contribution in [3.8, 4) is 11.8 Å². The second-order valence-electron chi connectivity index (χ2n) is 5.52. The Morgan fingerprint density at radius 2 is 2.08 bits per heavy atom. The molecular weight excluding hydrogens is 336 g/mol. The third-order valence-corrected chi connectivity index (χ3v) is 3.61. The van der Waals surface area contributed by atoms with Crippen LogP contribution in [0.2, 0.25) is 0 Å². The van der Waals surface area contributed by atoms with Crippen LogP contribution >= 0.6 is 0 Å². The van der Waals surface area contributed by atoms with E-state index >= 15 is 0 Å². The number of furan rings is 1. The van der Waals surface area contributed by atoms with Gasteiger partial charge in [-0.25, -0.2) is 0 Å². The van der Waals surface area contributed by atoms with Crippen molar-refractivity contribution in [3.05, 3.63) is 59.9 Å². The summed E-state index contributed by atoms with van der Waals surface area (Å²) in [6.07, 6.45) is 1.35. The predicted molar refractivity (Wildman–Crippen MR) is 92.3 cm³/mol. The molecule has 1 heterocycles. The van der Waals surface area contributed by atoms with Crippen LogP contribution in [0.3, 0.4) is 0 Å². The number of carbonyl (C=O) groups excluding carboxylic acids is 2. The molecule has 0 saturated carbocycles. The van der Waals surface area contributed by atoms with Crippen LogP contribution in [0.5, 0.6) is 5.75 Å². The van der Waals surface area contributed by atoms with Gasteiger partial charge in [-0.2, -0.15) is 5.26 Å². The molecule has 0 spiro atoms. The van der Waals surface area contributed by atoms with Gasteiger partial charge in [0.1, 0.15) is 11.3 Å². The summed E-state index contributed by atoms with van der Waals surface area (Å²) in [4.78, 5) is 23.8. The first-order valence-corrected chi connectivity index (χ1v) is 7.70. The monoisotopic (exact) mass is 350 g/mol. The molecule has 7 heteroatoms. The summed E-state index contributed by atoms with van der Waals surface area (Å²) < 4.78 is 10.3. The van der Waals surface area contributed by atoms with Gasteiger partial charge in [0.25, 0.3) is 5.91 Å². The molecule has 0 bridgehead atoms. The van der Waals surface area contributed by atoms with Gasteiger partial charge in [0.05, 0.1) is 24.3 Å². The number of nitrogens with zero attached hydrogens (tertiary/aromatic N) is 1. The van der Waals surface area contributed by atoms with Gasteiger partial charge < -0.3 is 19.6 Å². The Morgan fingerprint density at radius 1 is 1.23 bits per heavy atom. The number of aromatic hydroxyl groups is 1. The number of hydrogen-bond donors (Lipinski definition) is 2. The average Bonchev–Trinajstić information content (AvgIpc) is 3.02. The Kier molecular flexibility index (Phi) is 4.85. The number of esters is 1. The number of hydrogen-bond acceptors (Lipinski definition) is 6. The molecule has 26 heavy (non-hydrogen) atoms. The molecule has 7 nitrogen and oxygen atoms in total. The molecule has 1 amide bonds. The predicted octanol–water partition coefficient (Wildman–Crippen LogP) is 2.73. The summed E-state index contributed by atoms with van der Waals surface area (Å²) in [7, 11) is 0. The number of rotatable bonds is 5. The van der Waals surface area contributed by atoms with Crippen LogP contribution in [-0.2, 0) is 20.7 Å². The van der Waals surface area contributed by atoms with Gasteiger partial charge in [0, 0.05) is 22.7 Å². The molecule has 0 aliphatic heterocycles. The molecule has 2 N–H and O–H groups in total. The minimum atomic E-state index is -0.582. The molecule has 0 fully saturated rings. The summed E-state index contributed by atoms with van der Waals surface area (Å²) in [5.41, 5.74) is 1.93. The van der Waals surface area contributed by atoms with Gasteiger partial charge in [-0.15, -0.1) is 0 Å². The first kappa shape index (κ1) is 17.0. The molecule has 1 aromatic heterocycles. The Labute approximate surface area is 148 Å². The number of fused-ring (bicyclic) bond motifs is 1. The number of amides is 1. The van der Waals surface area contributed by atoms with Crippen LogP contribution in [0.25, 0.3) is 11.0 Å². The number of carbonyl (C=O) groups is 2. The van der Waals surface area contributed by atoms with Gasteiger partial charge in [-0.1, -0.05) is 6.07 Å². The standard InChI is InChI=1S/C19H14N2O5/c20-9-12-2-1-3-14(6-12)21-18(23)11-26-19(24)7-13-10-25-17-8-15(22)4-5-16(13)17/h1-6,8,10,22H,7,11H2,(H,21,23). The number of nitriles is 1. The van der Waals surface area contributed by atoms with Gasteiger partial charge >= 0.3 is 5.97 Å². The van der Waals surface area contributed by atoms with Crippen LogP contribution in [0.15, 0.2) is 53.1 Å². The van der Waals surface area contributed by atoms with Crippen LogP contribution in [0, 0.1) is 11.3 Å². The molecule has 0 radical (unpaired) electrons. The van der Waals surface area contributed by atoms with E-state index in [4.69, 9.17) is 14.4 Å². The fourth-order valence-corrected chi connectivity index (χ4v) is 2.42. The van der Waals surface area contributed by atoms with E-state index < -0.39 is 18.5 Å². The van der Waals surface area contributed by atoms with Gasteiger partial charge in [0.15, 0.2) is 6.61 Å². The number of phenolic OH excluding ortho intramolecular Hbond substituents is 1. The fourth-order valence-electron chi connectivity index (χ4n) is 2.42. The zero-order valence-electron chi connectivity index (χ0n) is 13.6. The molecule has 0 saturated heterocycles. The normalized spacial score (nSPS) is 10.3. The lowest BCUT2D eigenvalue weighted by Crippen LogP contribution is -2.21. The van der Waals surface area contributed by atoms with E-state index in [0.29, 0.717) is 27.8 Å². The smallest absolute Gasteiger partial charge is 0.310 e. The second kappa shape index (κ2) is 7.40. The number of ether oxygens (including phenoxy) is 1. The van der Waals surface area contributed by atoms with Gasteiger partial charge in [-0.05, 0) is 30.3 Å². The van der Waals surface area contributed by atoms with Gasteiger partial charge in [0.2, 0.25) is 0 Å². The molecule has 0 aliphatic rings. The minimum Gasteiger partial charge on any atom is -0.508 e. The average molecular weight is 350 g/mol. The van der Waals surface area contributed by atoms with Crippen molar-refractivity contribution in [2.75, 3.05) is 11.9 Å². The molecular formula is C19H14N2O5. The maximum absolute atomic E-state index is 11.9. The molecule has 2 aromatic carbocycles. The van der Waals surface area contributed by atoms with E-state index in [0.717, 1.165) is 0 Å². The summed E-state index contributed by atoms with van der Waals surface area (Å²) in [6, 6.07) is 13.0. The third-order valence-electron chi connectivity index (χ3n) is 3.61. The quantitative estimate of drug-likeness (QED) is 0.684. The molecule has 0 unspecified atom stereocenters. The highest BCUT2D eigenvalue weighted by molar-refractivity contribution is 5.93. The van der Waals surface area contributed by atoms with Crippen molar-refractivity contribution >= 4 is 28.5 Å². The Morgan fingerprint density at radius 3 is 2.88 bits per heavy atom. The van der Waals surface area contributed by atoms with Crippen LogP contribution < -0.4 is 5.32 Å². The maximum Gasteiger partial charge on any atom is 0.310 e.